The van der Waals surface area contributed by atoms with Gasteiger partial charge in [-0.3, -0.25) is 4.68 Å². The highest BCUT2D eigenvalue weighted by atomic mass is 15.2. The molecule has 1 fully saturated rings. The third-order valence-electron chi connectivity index (χ3n) is 4.15. The molecule has 0 radical (unpaired) electrons. The van der Waals surface area contributed by atoms with Gasteiger partial charge in [0.1, 0.15) is 0 Å². The number of hydrogen-bond donors (Lipinski definition) is 1. The van der Waals surface area contributed by atoms with Gasteiger partial charge in [-0.1, -0.05) is 19.3 Å². The van der Waals surface area contributed by atoms with Crippen LogP contribution in [0, 0.1) is 0 Å². The SMILES string of the molecule is CN(CCCNCc1cnn(C)c1)C1CCCCC1. The summed E-state index contributed by atoms with van der Waals surface area (Å²) >= 11 is 0. The molecule has 0 bridgehead atoms. The Labute approximate surface area is 117 Å². The lowest BCUT2D eigenvalue weighted by Crippen LogP contribution is -2.35. The first-order valence-electron chi connectivity index (χ1n) is 7.64. The van der Waals surface area contributed by atoms with Gasteiger partial charge in [0.05, 0.1) is 6.20 Å². The number of aromatic nitrogens is 2. The Morgan fingerprint density at radius 2 is 2.16 bits per heavy atom. The topological polar surface area (TPSA) is 33.1 Å². The molecule has 4 heteroatoms. The van der Waals surface area contributed by atoms with Crippen LogP contribution >= 0.6 is 0 Å². The predicted molar refractivity (Wildman–Crippen MR) is 79.0 cm³/mol. The molecule has 0 aliphatic heterocycles. The van der Waals surface area contributed by atoms with Crippen molar-refractivity contribution >= 4 is 0 Å². The fourth-order valence-electron chi connectivity index (χ4n) is 2.95. The molecule has 1 heterocycles. The standard InChI is InChI=1S/C15H28N4/c1-18(15-7-4-3-5-8-15)10-6-9-16-11-14-12-17-19(2)13-14/h12-13,15-16H,3-11H2,1-2H3. The molecule has 19 heavy (non-hydrogen) atoms. The van der Waals surface area contributed by atoms with E-state index in [4.69, 9.17) is 0 Å². The van der Waals surface area contributed by atoms with Crippen LogP contribution in [-0.4, -0.2) is 40.9 Å². The first-order chi connectivity index (χ1) is 9.25. The van der Waals surface area contributed by atoms with E-state index in [1.165, 1.54) is 50.6 Å². The zero-order valence-electron chi connectivity index (χ0n) is 12.4. The average molecular weight is 264 g/mol. The van der Waals surface area contributed by atoms with Crippen molar-refractivity contribution in [3.8, 4) is 0 Å². The number of nitrogens with one attached hydrogen (secondary N) is 1. The maximum atomic E-state index is 4.17. The first-order valence-corrected chi connectivity index (χ1v) is 7.64. The molecule has 0 atom stereocenters. The maximum absolute atomic E-state index is 4.17. The summed E-state index contributed by atoms with van der Waals surface area (Å²) in [6.45, 7) is 3.23. The molecule has 4 nitrogen and oxygen atoms in total. The van der Waals surface area contributed by atoms with Gasteiger partial charge in [-0.15, -0.1) is 0 Å². The van der Waals surface area contributed by atoms with Crippen molar-refractivity contribution in [3.63, 3.8) is 0 Å². The van der Waals surface area contributed by atoms with Crippen LogP contribution in [0.5, 0.6) is 0 Å². The van der Waals surface area contributed by atoms with Crippen molar-refractivity contribution in [2.45, 2.75) is 51.1 Å². The quantitative estimate of drug-likeness (QED) is 0.766. The van der Waals surface area contributed by atoms with Gasteiger partial charge in [0.2, 0.25) is 0 Å². The van der Waals surface area contributed by atoms with E-state index in [9.17, 15) is 0 Å². The molecule has 0 saturated heterocycles. The van der Waals surface area contributed by atoms with Crippen molar-refractivity contribution in [3.05, 3.63) is 18.0 Å². The summed E-state index contributed by atoms with van der Waals surface area (Å²) in [4.78, 5) is 2.56. The Morgan fingerprint density at radius 1 is 1.37 bits per heavy atom. The molecule has 0 spiro atoms. The molecular formula is C15H28N4. The lowest BCUT2D eigenvalue weighted by Gasteiger charge is -2.31. The number of nitrogens with zero attached hydrogens (tertiary/aromatic N) is 3. The minimum atomic E-state index is 0.840. The molecule has 0 unspecified atom stereocenters. The van der Waals surface area contributed by atoms with Crippen LogP contribution in [0.2, 0.25) is 0 Å². The Bertz CT molecular complexity index is 355. The molecule has 1 aromatic heterocycles. The van der Waals surface area contributed by atoms with Gasteiger partial charge >= 0.3 is 0 Å². The second-order valence-corrected chi connectivity index (χ2v) is 5.83. The van der Waals surface area contributed by atoms with Gasteiger partial charge in [-0.2, -0.15) is 5.10 Å². The molecule has 2 rings (SSSR count). The van der Waals surface area contributed by atoms with Crippen molar-refractivity contribution in [2.75, 3.05) is 20.1 Å². The van der Waals surface area contributed by atoms with Crippen LogP contribution in [0.4, 0.5) is 0 Å². The van der Waals surface area contributed by atoms with Crippen LogP contribution in [-0.2, 0) is 13.6 Å². The van der Waals surface area contributed by atoms with Crippen LogP contribution in [0.1, 0.15) is 44.1 Å². The second-order valence-electron chi connectivity index (χ2n) is 5.83. The van der Waals surface area contributed by atoms with Crippen LogP contribution in [0.3, 0.4) is 0 Å². The summed E-state index contributed by atoms with van der Waals surface area (Å²) < 4.78 is 1.86. The lowest BCUT2D eigenvalue weighted by atomic mass is 9.94. The summed E-state index contributed by atoms with van der Waals surface area (Å²) in [5, 5.41) is 7.67. The van der Waals surface area contributed by atoms with Crippen LogP contribution in [0.15, 0.2) is 12.4 Å². The Hall–Kier alpha value is -0.870. The number of hydrogen-bond acceptors (Lipinski definition) is 3. The van der Waals surface area contributed by atoms with E-state index in [-0.39, 0.29) is 0 Å². The molecular weight excluding hydrogens is 236 g/mol. The second kappa shape index (κ2) is 7.65. The van der Waals surface area contributed by atoms with E-state index >= 15 is 0 Å². The fraction of sp³-hybridized carbons (Fsp3) is 0.800. The van der Waals surface area contributed by atoms with Gasteiger partial charge in [0, 0.05) is 31.4 Å². The smallest absolute Gasteiger partial charge is 0.0534 e. The third-order valence-corrected chi connectivity index (χ3v) is 4.15. The zero-order chi connectivity index (χ0) is 13.5. The normalized spacial score (nSPS) is 17.2. The largest absolute Gasteiger partial charge is 0.313 e. The van der Waals surface area contributed by atoms with E-state index in [0.717, 1.165) is 19.1 Å². The highest BCUT2D eigenvalue weighted by molar-refractivity contribution is 5.02. The van der Waals surface area contributed by atoms with Crippen molar-refractivity contribution in [1.82, 2.24) is 20.0 Å². The van der Waals surface area contributed by atoms with Gasteiger partial charge < -0.3 is 10.2 Å². The Kier molecular flexibility index (Phi) is 5.86. The predicted octanol–water partition coefficient (Wildman–Crippen LogP) is 2.16. The lowest BCUT2D eigenvalue weighted by molar-refractivity contribution is 0.189. The van der Waals surface area contributed by atoms with Crippen LogP contribution in [0.25, 0.3) is 0 Å². The van der Waals surface area contributed by atoms with E-state index in [2.05, 4.69) is 28.6 Å². The van der Waals surface area contributed by atoms with E-state index in [1.54, 1.807) is 0 Å². The minimum Gasteiger partial charge on any atom is -0.313 e. The fourth-order valence-corrected chi connectivity index (χ4v) is 2.95. The van der Waals surface area contributed by atoms with E-state index in [0.29, 0.717) is 0 Å². The van der Waals surface area contributed by atoms with Gasteiger partial charge in [-0.05, 0) is 39.4 Å². The highest BCUT2D eigenvalue weighted by Crippen LogP contribution is 2.21. The van der Waals surface area contributed by atoms with Crippen molar-refractivity contribution < 1.29 is 0 Å². The molecule has 0 amide bonds. The Balaban J connectivity index is 1.53. The van der Waals surface area contributed by atoms with Crippen LogP contribution < -0.4 is 5.32 Å². The van der Waals surface area contributed by atoms with E-state index in [1.807, 2.05) is 17.9 Å². The van der Waals surface area contributed by atoms with E-state index < -0.39 is 0 Å². The molecule has 108 valence electrons. The number of rotatable bonds is 7. The van der Waals surface area contributed by atoms with Crippen molar-refractivity contribution in [1.29, 1.82) is 0 Å². The summed E-state index contributed by atoms with van der Waals surface area (Å²) in [6.07, 6.45) is 12.3. The summed E-state index contributed by atoms with van der Waals surface area (Å²) in [5.74, 6) is 0. The number of aryl methyl sites for hydroxylation is 1. The zero-order valence-corrected chi connectivity index (χ0v) is 12.4. The summed E-state index contributed by atoms with van der Waals surface area (Å²) in [7, 11) is 4.25. The average Bonchev–Trinajstić information content (AvgIpc) is 2.85. The maximum Gasteiger partial charge on any atom is 0.0534 e. The van der Waals surface area contributed by atoms with Gasteiger partial charge in [0.15, 0.2) is 0 Å². The minimum absolute atomic E-state index is 0.840. The first kappa shape index (κ1) is 14.5. The molecule has 1 aromatic rings. The highest BCUT2D eigenvalue weighted by Gasteiger charge is 2.16. The van der Waals surface area contributed by atoms with Crippen molar-refractivity contribution in [2.24, 2.45) is 7.05 Å². The monoisotopic (exact) mass is 264 g/mol. The summed E-state index contributed by atoms with van der Waals surface area (Å²) in [5.41, 5.74) is 1.27. The van der Waals surface area contributed by atoms with Gasteiger partial charge in [-0.25, -0.2) is 0 Å². The molecule has 1 aliphatic carbocycles. The third kappa shape index (κ3) is 4.96. The molecule has 1 saturated carbocycles. The molecule has 1 N–H and O–H groups in total. The molecule has 1 aliphatic rings. The van der Waals surface area contributed by atoms with Gasteiger partial charge in [0.25, 0.3) is 0 Å². The molecule has 0 aromatic carbocycles. The Morgan fingerprint density at radius 3 is 2.84 bits per heavy atom. The summed E-state index contributed by atoms with van der Waals surface area (Å²) in [6, 6.07) is 0.840.